The number of nitrogens with zero attached hydrogens (tertiary/aromatic N) is 4. The van der Waals surface area contributed by atoms with E-state index in [-0.39, 0.29) is 11.7 Å². The van der Waals surface area contributed by atoms with Crippen LogP contribution in [0.2, 0.25) is 0 Å². The molecule has 8 heteroatoms. The molecule has 0 aromatic carbocycles. The molecule has 102 valence electrons. The number of pyridine rings is 1. The first-order chi connectivity index (χ1) is 9.69. The van der Waals surface area contributed by atoms with Crippen LogP contribution >= 0.6 is 11.8 Å². The van der Waals surface area contributed by atoms with Crippen molar-refractivity contribution in [2.45, 2.75) is 11.2 Å². The summed E-state index contributed by atoms with van der Waals surface area (Å²) < 4.78 is 1.67. The molecule has 20 heavy (non-hydrogen) atoms. The van der Waals surface area contributed by atoms with Gasteiger partial charge in [-0.05, 0) is 30.0 Å². The fraction of sp³-hybridized carbons (Fsp3) is 0.167. The zero-order valence-electron chi connectivity index (χ0n) is 10.5. The Labute approximate surface area is 118 Å². The minimum atomic E-state index is -1.02. The van der Waals surface area contributed by atoms with Gasteiger partial charge < -0.3 is 10.4 Å². The third kappa shape index (κ3) is 2.14. The molecule has 0 radical (unpaired) electrons. The molecule has 3 heterocycles. The molecule has 0 aliphatic carbocycles. The maximum absolute atomic E-state index is 11.2. The third-order valence-electron chi connectivity index (χ3n) is 2.91. The lowest BCUT2D eigenvalue weighted by Gasteiger charge is -2.22. The number of thioether (sulfide) groups is 1. The Balaban J connectivity index is 2.11. The second-order valence-electron chi connectivity index (χ2n) is 4.10. The van der Waals surface area contributed by atoms with Gasteiger partial charge in [-0.3, -0.25) is 4.98 Å². The molecule has 0 unspecified atom stereocenters. The van der Waals surface area contributed by atoms with Crippen LogP contribution in [0.4, 0.5) is 5.95 Å². The van der Waals surface area contributed by atoms with E-state index in [1.165, 1.54) is 11.8 Å². The van der Waals surface area contributed by atoms with E-state index in [1.54, 1.807) is 23.2 Å². The summed E-state index contributed by atoms with van der Waals surface area (Å²) in [6, 6.07) is 3.35. The van der Waals surface area contributed by atoms with Gasteiger partial charge in [0.25, 0.3) is 0 Å². The summed E-state index contributed by atoms with van der Waals surface area (Å²) in [6.45, 7) is 0. The number of anilines is 1. The SMILES string of the molecule is CSc1nc2n(n1)[C@H](c1ccncc1)C=C(C(=O)O)N2. The Morgan fingerprint density at radius 1 is 1.45 bits per heavy atom. The van der Waals surface area contributed by atoms with Gasteiger partial charge in [-0.1, -0.05) is 11.8 Å². The fourth-order valence-electron chi connectivity index (χ4n) is 1.98. The molecule has 2 N–H and O–H groups in total. The van der Waals surface area contributed by atoms with Crippen LogP contribution in [0, 0.1) is 0 Å². The number of rotatable bonds is 3. The van der Waals surface area contributed by atoms with E-state index < -0.39 is 5.97 Å². The topological polar surface area (TPSA) is 92.9 Å². The number of hydrogen-bond acceptors (Lipinski definition) is 6. The quantitative estimate of drug-likeness (QED) is 0.824. The summed E-state index contributed by atoms with van der Waals surface area (Å²) in [5, 5.41) is 16.9. The molecular formula is C12H11N5O2S. The van der Waals surface area contributed by atoms with E-state index in [4.69, 9.17) is 0 Å². The van der Waals surface area contributed by atoms with E-state index in [0.29, 0.717) is 11.1 Å². The summed E-state index contributed by atoms with van der Waals surface area (Å²) in [5.74, 6) is -0.597. The Morgan fingerprint density at radius 2 is 2.20 bits per heavy atom. The first-order valence-corrected chi connectivity index (χ1v) is 7.04. The summed E-state index contributed by atoms with van der Waals surface area (Å²) in [7, 11) is 0. The van der Waals surface area contributed by atoms with Gasteiger partial charge in [0.15, 0.2) is 0 Å². The summed E-state index contributed by atoms with van der Waals surface area (Å²) in [6.07, 6.45) is 6.81. The van der Waals surface area contributed by atoms with Crippen molar-refractivity contribution in [2.75, 3.05) is 11.6 Å². The predicted molar refractivity (Wildman–Crippen MR) is 73.5 cm³/mol. The third-order valence-corrected chi connectivity index (χ3v) is 3.45. The van der Waals surface area contributed by atoms with E-state index in [9.17, 15) is 9.90 Å². The normalized spacial score (nSPS) is 17.1. The van der Waals surface area contributed by atoms with E-state index in [1.807, 2.05) is 18.4 Å². The molecule has 0 amide bonds. The van der Waals surface area contributed by atoms with Crippen LogP contribution in [0.3, 0.4) is 0 Å². The number of aromatic nitrogens is 4. The van der Waals surface area contributed by atoms with Gasteiger partial charge >= 0.3 is 5.97 Å². The molecule has 1 atom stereocenters. The van der Waals surface area contributed by atoms with Crippen molar-refractivity contribution in [3.8, 4) is 0 Å². The smallest absolute Gasteiger partial charge is 0.352 e. The maximum atomic E-state index is 11.2. The van der Waals surface area contributed by atoms with Crippen LogP contribution in [0.5, 0.6) is 0 Å². The van der Waals surface area contributed by atoms with Crippen LogP contribution in [0.1, 0.15) is 11.6 Å². The number of carboxylic acid groups (broad SMARTS) is 1. The van der Waals surface area contributed by atoms with Gasteiger partial charge in [-0.25, -0.2) is 9.48 Å². The van der Waals surface area contributed by atoms with Crippen molar-refractivity contribution in [2.24, 2.45) is 0 Å². The molecule has 0 bridgehead atoms. The average molecular weight is 289 g/mol. The van der Waals surface area contributed by atoms with E-state index in [2.05, 4.69) is 20.4 Å². The molecule has 1 aliphatic heterocycles. The lowest BCUT2D eigenvalue weighted by molar-refractivity contribution is -0.132. The van der Waals surface area contributed by atoms with Gasteiger partial charge in [0, 0.05) is 12.4 Å². The van der Waals surface area contributed by atoms with Crippen molar-refractivity contribution < 1.29 is 9.90 Å². The Hall–Kier alpha value is -2.35. The first kappa shape index (κ1) is 12.7. The monoisotopic (exact) mass is 289 g/mol. The largest absolute Gasteiger partial charge is 0.477 e. The van der Waals surface area contributed by atoms with Crippen LogP contribution < -0.4 is 5.32 Å². The van der Waals surface area contributed by atoms with Gasteiger partial charge in [-0.2, -0.15) is 4.98 Å². The van der Waals surface area contributed by atoms with Crippen molar-refractivity contribution in [1.82, 2.24) is 19.7 Å². The lowest BCUT2D eigenvalue weighted by Crippen LogP contribution is -2.24. The van der Waals surface area contributed by atoms with E-state index >= 15 is 0 Å². The number of carboxylic acids is 1. The summed E-state index contributed by atoms with van der Waals surface area (Å²) >= 11 is 1.40. The fourth-order valence-corrected chi connectivity index (χ4v) is 2.33. The number of aliphatic carboxylic acids is 1. The average Bonchev–Trinajstić information content (AvgIpc) is 2.90. The van der Waals surface area contributed by atoms with Crippen molar-refractivity contribution in [3.05, 3.63) is 41.9 Å². The highest BCUT2D eigenvalue weighted by Crippen LogP contribution is 2.29. The van der Waals surface area contributed by atoms with Crippen molar-refractivity contribution >= 4 is 23.7 Å². The second-order valence-corrected chi connectivity index (χ2v) is 4.88. The zero-order valence-corrected chi connectivity index (χ0v) is 11.3. The molecule has 2 aromatic heterocycles. The molecule has 0 saturated heterocycles. The van der Waals surface area contributed by atoms with Gasteiger partial charge in [0.2, 0.25) is 11.1 Å². The van der Waals surface area contributed by atoms with Crippen LogP contribution in [-0.2, 0) is 4.79 Å². The molecule has 1 aliphatic rings. The van der Waals surface area contributed by atoms with Crippen LogP contribution in [0.15, 0.2) is 41.5 Å². The van der Waals surface area contributed by atoms with Gasteiger partial charge in [0.05, 0.1) is 0 Å². The van der Waals surface area contributed by atoms with Crippen LogP contribution in [-0.4, -0.2) is 37.1 Å². The van der Waals surface area contributed by atoms with Crippen LogP contribution in [0.25, 0.3) is 0 Å². The number of nitrogens with one attached hydrogen (secondary N) is 1. The Bertz CT molecular complexity index is 682. The predicted octanol–water partition coefficient (Wildman–Crippen LogP) is 1.38. The maximum Gasteiger partial charge on any atom is 0.352 e. The standard InChI is InChI=1S/C12H11N5O2S/c1-20-12-15-11-14-8(10(18)19)6-9(17(11)16-12)7-2-4-13-5-3-7/h2-6,9H,1H3,(H,18,19)(H,14,15,16)/t9-/m0/s1. The summed E-state index contributed by atoms with van der Waals surface area (Å²) in [4.78, 5) is 19.4. The molecular weight excluding hydrogens is 278 g/mol. The number of fused-ring (bicyclic) bond motifs is 1. The molecule has 0 spiro atoms. The Morgan fingerprint density at radius 3 is 2.85 bits per heavy atom. The molecule has 0 fully saturated rings. The number of allylic oxidation sites excluding steroid dienone is 1. The van der Waals surface area contributed by atoms with E-state index in [0.717, 1.165) is 5.56 Å². The highest BCUT2D eigenvalue weighted by Gasteiger charge is 2.26. The Kier molecular flexibility index (Phi) is 3.15. The lowest BCUT2D eigenvalue weighted by atomic mass is 10.1. The van der Waals surface area contributed by atoms with Gasteiger partial charge in [-0.15, -0.1) is 5.10 Å². The molecule has 0 saturated carbocycles. The minimum absolute atomic E-state index is 0.0966. The molecule has 7 nitrogen and oxygen atoms in total. The van der Waals surface area contributed by atoms with Gasteiger partial charge in [0.1, 0.15) is 11.7 Å². The number of hydrogen-bond donors (Lipinski definition) is 2. The molecule has 2 aromatic rings. The first-order valence-electron chi connectivity index (χ1n) is 5.81. The highest BCUT2D eigenvalue weighted by molar-refractivity contribution is 7.98. The number of carbonyl (C=O) groups is 1. The zero-order chi connectivity index (χ0) is 14.1. The van der Waals surface area contributed by atoms with Crippen molar-refractivity contribution in [3.63, 3.8) is 0 Å². The molecule has 3 rings (SSSR count). The summed E-state index contributed by atoms with van der Waals surface area (Å²) in [5.41, 5.74) is 0.999. The second kappa shape index (κ2) is 4.97. The highest BCUT2D eigenvalue weighted by atomic mass is 32.2. The minimum Gasteiger partial charge on any atom is -0.477 e. The van der Waals surface area contributed by atoms with Crippen molar-refractivity contribution in [1.29, 1.82) is 0 Å².